The summed E-state index contributed by atoms with van der Waals surface area (Å²) >= 11 is 0. The molecule has 0 aromatic heterocycles. The summed E-state index contributed by atoms with van der Waals surface area (Å²) in [6.07, 6.45) is 1.21. The third-order valence-corrected chi connectivity index (χ3v) is 2.58. The highest BCUT2D eigenvalue weighted by Crippen LogP contribution is 2.18. The Hall–Kier alpha value is -2.70. The topological polar surface area (TPSA) is 110 Å². The average Bonchev–Trinajstić information content (AvgIpc) is 2.38. The SMILES string of the molecule is C=CCC(NC(=O)Cc1ccccc1[N+](=O)[O-])C(=O)O. The molecule has 0 aliphatic rings. The Labute approximate surface area is 115 Å². The largest absolute Gasteiger partial charge is 0.480 e. The summed E-state index contributed by atoms with van der Waals surface area (Å²) in [6.45, 7) is 3.41. The highest BCUT2D eigenvalue weighted by molar-refractivity contribution is 5.85. The summed E-state index contributed by atoms with van der Waals surface area (Å²) in [5.74, 6) is -1.77. The number of nitrogens with one attached hydrogen (secondary N) is 1. The molecule has 0 saturated carbocycles. The molecule has 1 aromatic rings. The Bertz CT molecular complexity index is 541. The predicted molar refractivity (Wildman–Crippen MR) is 71.2 cm³/mol. The van der Waals surface area contributed by atoms with E-state index in [9.17, 15) is 19.7 Å². The molecule has 0 fully saturated rings. The van der Waals surface area contributed by atoms with Gasteiger partial charge >= 0.3 is 5.97 Å². The Morgan fingerprint density at radius 2 is 2.10 bits per heavy atom. The normalized spacial score (nSPS) is 11.4. The van der Waals surface area contributed by atoms with E-state index in [2.05, 4.69) is 11.9 Å². The zero-order valence-corrected chi connectivity index (χ0v) is 10.6. The molecule has 7 nitrogen and oxygen atoms in total. The number of nitro groups is 1. The van der Waals surface area contributed by atoms with Gasteiger partial charge in [0.2, 0.25) is 5.91 Å². The number of nitro benzene ring substituents is 1. The van der Waals surface area contributed by atoms with Gasteiger partial charge in [-0.05, 0) is 6.42 Å². The molecular weight excluding hydrogens is 264 g/mol. The first-order valence-electron chi connectivity index (χ1n) is 5.81. The van der Waals surface area contributed by atoms with Crippen molar-refractivity contribution in [3.63, 3.8) is 0 Å². The van der Waals surface area contributed by atoms with Gasteiger partial charge in [-0.25, -0.2) is 4.79 Å². The number of carbonyl (C=O) groups excluding carboxylic acids is 1. The highest BCUT2D eigenvalue weighted by atomic mass is 16.6. The third kappa shape index (κ3) is 4.20. The molecule has 20 heavy (non-hydrogen) atoms. The first-order valence-corrected chi connectivity index (χ1v) is 5.81. The van der Waals surface area contributed by atoms with Gasteiger partial charge in [0.1, 0.15) is 6.04 Å². The van der Waals surface area contributed by atoms with Gasteiger partial charge in [-0.1, -0.05) is 24.3 Å². The van der Waals surface area contributed by atoms with Crippen LogP contribution in [-0.4, -0.2) is 27.9 Å². The van der Waals surface area contributed by atoms with Crippen LogP contribution >= 0.6 is 0 Å². The van der Waals surface area contributed by atoms with Crippen molar-refractivity contribution in [3.05, 3.63) is 52.6 Å². The lowest BCUT2D eigenvalue weighted by molar-refractivity contribution is -0.385. The van der Waals surface area contributed by atoms with Crippen molar-refractivity contribution in [2.45, 2.75) is 18.9 Å². The van der Waals surface area contributed by atoms with Crippen molar-refractivity contribution in [3.8, 4) is 0 Å². The number of aliphatic carboxylic acids is 1. The number of rotatable bonds is 7. The van der Waals surface area contributed by atoms with Crippen molar-refractivity contribution < 1.29 is 19.6 Å². The van der Waals surface area contributed by atoms with Crippen molar-refractivity contribution in [1.82, 2.24) is 5.32 Å². The minimum Gasteiger partial charge on any atom is -0.480 e. The van der Waals surface area contributed by atoms with Gasteiger partial charge in [-0.15, -0.1) is 6.58 Å². The standard InChI is InChI=1S/C13H14N2O5/c1-2-5-10(13(17)18)14-12(16)8-9-6-3-4-7-11(9)15(19)20/h2-4,6-7,10H,1,5,8H2,(H,14,16)(H,17,18). The summed E-state index contributed by atoms with van der Waals surface area (Å²) < 4.78 is 0. The molecule has 0 aliphatic heterocycles. The van der Waals surface area contributed by atoms with E-state index in [0.29, 0.717) is 0 Å². The molecule has 106 valence electrons. The fourth-order valence-electron chi connectivity index (χ4n) is 1.64. The van der Waals surface area contributed by atoms with Crippen LogP contribution in [0.5, 0.6) is 0 Å². The van der Waals surface area contributed by atoms with Gasteiger partial charge < -0.3 is 10.4 Å². The van der Waals surface area contributed by atoms with Crippen molar-refractivity contribution >= 4 is 17.6 Å². The Kier molecular flexibility index (Phi) is 5.40. The van der Waals surface area contributed by atoms with Crippen LogP contribution in [0.25, 0.3) is 0 Å². The van der Waals surface area contributed by atoms with E-state index in [4.69, 9.17) is 5.11 Å². The Morgan fingerprint density at radius 3 is 2.65 bits per heavy atom. The smallest absolute Gasteiger partial charge is 0.326 e. The molecule has 1 unspecified atom stereocenters. The lowest BCUT2D eigenvalue weighted by atomic mass is 10.1. The maximum Gasteiger partial charge on any atom is 0.326 e. The second-order valence-corrected chi connectivity index (χ2v) is 4.05. The molecule has 1 atom stereocenters. The molecule has 1 aromatic carbocycles. The summed E-state index contributed by atoms with van der Waals surface area (Å²) in [5, 5.41) is 22.0. The summed E-state index contributed by atoms with van der Waals surface area (Å²) in [7, 11) is 0. The fraction of sp³-hybridized carbons (Fsp3) is 0.231. The highest BCUT2D eigenvalue weighted by Gasteiger charge is 2.20. The van der Waals surface area contributed by atoms with Crippen LogP contribution < -0.4 is 5.32 Å². The maximum atomic E-state index is 11.7. The lowest BCUT2D eigenvalue weighted by Crippen LogP contribution is -2.41. The molecule has 0 radical (unpaired) electrons. The van der Waals surface area contributed by atoms with Crippen LogP contribution in [0.3, 0.4) is 0 Å². The van der Waals surface area contributed by atoms with Crippen LogP contribution in [0.4, 0.5) is 5.69 Å². The van der Waals surface area contributed by atoms with Gasteiger partial charge in [0.05, 0.1) is 11.3 Å². The van der Waals surface area contributed by atoms with Crippen molar-refractivity contribution in [2.75, 3.05) is 0 Å². The lowest BCUT2D eigenvalue weighted by Gasteiger charge is -2.12. The molecule has 1 rings (SSSR count). The fourth-order valence-corrected chi connectivity index (χ4v) is 1.64. The van der Waals surface area contributed by atoms with E-state index in [1.165, 1.54) is 24.3 Å². The second kappa shape index (κ2) is 7.03. The molecular formula is C13H14N2O5. The van der Waals surface area contributed by atoms with Crippen LogP contribution in [0.2, 0.25) is 0 Å². The molecule has 0 aliphatic carbocycles. The van der Waals surface area contributed by atoms with Crippen molar-refractivity contribution in [1.29, 1.82) is 0 Å². The van der Waals surface area contributed by atoms with E-state index >= 15 is 0 Å². The number of benzene rings is 1. The van der Waals surface area contributed by atoms with E-state index in [1.807, 2.05) is 0 Å². The summed E-state index contributed by atoms with van der Waals surface area (Å²) in [5.41, 5.74) is 0.0657. The third-order valence-electron chi connectivity index (χ3n) is 2.58. The first kappa shape index (κ1) is 15.4. The Balaban J connectivity index is 2.78. The van der Waals surface area contributed by atoms with Crippen molar-refractivity contribution in [2.24, 2.45) is 0 Å². The molecule has 0 spiro atoms. The van der Waals surface area contributed by atoms with Crippen LogP contribution in [0.15, 0.2) is 36.9 Å². The Morgan fingerprint density at radius 1 is 1.45 bits per heavy atom. The monoisotopic (exact) mass is 278 g/mol. The van der Waals surface area contributed by atoms with Gasteiger partial charge in [-0.3, -0.25) is 14.9 Å². The van der Waals surface area contributed by atoms with Crippen LogP contribution in [0, 0.1) is 10.1 Å². The molecule has 2 N–H and O–H groups in total. The molecule has 0 saturated heterocycles. The van der Waals surface area contributed by atoms with Crippen LogP contribution in [0.1, 0.15) is 12.0 Å². The van der Waals surface area contributed by atoms with E-state index in [1.54, 1.807) is 6.07 Å². The number of amides is 1. The minimum atomic E-state index is -1.18. The minimum absolute atomic E-state index is 0.0813. The summed E-state index contributed by atoms with van der Waals surface area (Å²) in [4.78, 5) is 32.8. The number of carboxylic acids is 1. The number of para-hydroxylation sites is 1. The molecule has 7 heteroatoms. The maximum absolute atomic E-state index is 11.7. The van der Waals surface area contributed by atoms with Gasteiger partial charge in [0, 0.05) is 11.6 Å². The van der Waals surface area contributed by atoms with E-state index in [-0.39, 0.29) is 24.1 Å². The van der Waals surface area contributed by atoms with E-state index in [0.717, 1.165) is 0 Å². The zero-order chi connectivity index (χ0) is 15.1. The first-order chi connectivity index (χ1) is 9.45. The molecule has 0 bridgehead atoms. The number of carboxylic acid groups (broad SMARTS) is 1. The summed E-state index contributed by atoms with van der Waals surface area (Å²) in [6, 6.07) is 4.75. The zero-order valence-electron chi connectivity index (χ0n) is 10.6. The second-order valence-electron chi connectivity index (χ2n) is 4.05. The number of hydrogen-bond donors (Lipinski definition) is 2. The molecule has 0 heterocycles. The molecule has 1 amide bonds. The predicted octanol–water partition coefficient (Wildman–Crippen LogP) is 1.28. The van der Waals surface area contributed by atoms with Gasteiger partial charge in [-0.2, -0.15) is 0 Å². The quantitative estimate of drug-likeness (QED) is 0.443. The number of hydrogen-bond acceptors (Lipinski definition) is 4. The van der Waals surface area contributed by atoms with Gasteiger partial charge in [0.15, 0.2) is 0 Å². The van der Waals surface area contributed by atoms with E-state index < -0.39 is 22.8 Å². The number of carbonyl (C=O) groups is 2. The number of nitrogens with zero attached hydrogens (tertiary/aromatic N) is 1. The average molecular weight is 278 g/mol. The van der Waals surface area contributed by atoms with Gasteiger partial charge in [0.25, 0.3) is 5.69 Å². The van der Waals surface area contributed by atoms with Crippen LogP contribution in [-0.2, 0) is 16.0 Å².